The third kappa shape index (κ3) is 1.98. The fraction of sp³-hybridized carbons (Fsp3) is 0.300. The van der Waals surface area contributed by atoms with E-state index in [1.165, 1.54) is 9.13 Å². The van der Waals surface area contributed by atoms with Gasteiger partial charge < -0.3 is 5.11 Å². The molecular weight excluding hydrogens is 263 g/mol. The van der Waals surface area contributed by atoms with Crippen molar-refractivity contribution in [2.24, 2.45) is 0 Å². The van der Waals surface area contributed by atoms with Gasteiger partial charge in [-0.3, -0.25) is 0 Å². The minimum atomic E-state index is -0.000263. The molecule has 1 aromatic carbocycles. The van der Waals surface area contributed by atoms with E-state index in [0.29, 0.717) is 0 Å². The maximum Gasteiger partial charge on any atom is 0.0499 e. The molecule has 0 fully saturated rings. The van der Waals surface area contributed by atoms with Crippen LogP contribution in [0.1, 0.15) is 17.0 Å². The van der Waals surface area contributed by atoms with E-state index >= 15 is 0 Å². The van der Waals surface area contributed by atoms with Crippen molar-refractivity contribution >= 4 is 22.6 Å². The van der Waals surface area contributed by atoms with Crippen LogP contribution in [0.25, 0.3) is 0 Å². The lowest BCUT2D eigenvalue weighted by Crippen LogP contribution is -2.02. The molecule has 1 nitrogen and oxygen atoms in total. The van der Waals surface area contributed by atoms with E-state index in [1.807, 2.05) is 12.1 Å². The van der Waals surface area contributed by atoms with Crippen molar-refractivity contribution in [3.63, 3.8) is 0 Å². The van der Waals surface area contributed by atoms with Crippen molar-refractivity contribution in [1.29, 1.82) is 0 Å². The molecule has 0 aromatic heterocycles. The Bertz CT molecular complexity index is 271. The Morgan fingerprint density at radius 3 is 2.83 bits per heavy atom. The summed E-state index contributed by atoms with van der Waals surface area (Å²) < 4.78 is 1.23. The average Bonchev–Trinajstić information content (AvgIpc) is 2.08. The van der Waals surface area contributed by atoms with Gasteiger partial charge in [-0.2, -0.15) is 0 Å². The molecule has 0 bridgehead atoms. The Morgan fingerprint density at radius 2 is 2.25 bits per heavy atom. The summed E-state index contributed by atoms with van der Waals surface area (Å²) in [6.07, 6.45) is 0. The van der Waals surface area contributed by atoms with Crippen molar-refractivity contribution in [1.82, 2.24) is 0 Å². The molecule has 1 radical (unpaired) electrons. The molecule has 1 unspecified atom stereocenters. The van der Waals surface area contributed by atoms with Crippen LogP contribution < -0.4 is 0 Å². The monoisotopic (exact) mass is 275 g/mol. The van der Waals surface area contributed by atoms with Gasteiger partial charge in [0.25, 0.3) is 0 Å². The minimum Gasteiger partial charge on any atom is -0.396 e. The van der Waals surface area contributed by atoms with Gasteiger partial charge in [0, 0.05) is 16.1 Å². The van der Waals surface area contributed by atoms with Crippen LogP contribution in [0.15, 0.2) is 18.2 Å². The topological polar surface area (TPSA) is 20.2 Å². The second kappa shape index (κ2) is 4.23. The zero-order valence-electron chi connectivity index (χ0n) is 7.05. The van der Waals surface area contributed by atoms with Gasteiger partial charge in [0.2, 0.25) is 0 Å². The molecule has 65 valence electrons. The minimum absolute atomic E-state index is 0.000263. The van der Waals surface area contributed by atoms with E-state index in [4.69, 9.17) is 5.11 Å². The summed E-state index contributed by atoms with van der Waals surface area (Å²) in [6.45, 7) is 6.05. The zero-order chi connectivity index (χ0) is 9.14. The lowest BCUT2D eigenvalue weighted by atomic mass is 9.97. The molecule has 0 spiro atoms. The SMILES string of the molecule is [CH2]C(CO)c1cccc(I)c1C. The predicted molar refractivity (Wildman–Crippen MR) is 59.1 cm³/mol. The van der Waals surface area contributed by atoms with Crippen LogP contribution >= 0.6 is 22.6 Å². The molecule has 0 amide bonds. The lowest BCUT2D eigenvalue weighted by molar-refractivity contribution is 0.282. The molecule has 0 saturated carbocycles. The summed E-state index contributed by atoms with van der Waals surface area (Å²) in [6, 6.07) is 6.08. The standard InChI is InChI=1S/C10H12IO/c1-7(6-12)9-4-3-5-10(11)8(9)2/h3-5,7,12H,1,6H2,2H3. The summed E-state index contributed by atoms with van der Waals surface area (Å²) in [5.41, 5.74) is 2.37. The third-order valence-corrected chi connectivity index (χ3v) is 3.14. The van der Waals surface area contributed by atoms with Crippen LogP contribution in [-0.2, 0) is 0 Å². The van der Waals surface area contributed by atoms with Crippen molar-refractivity contribution in [2.75, 3.05) is 6.61 Å². The molecule has 1 N–H and O–H groups in total. The van der Waals surface area contributed by atoms with Gasteiger partial charge in [0.05, 0.1) is 0 Å². The van der Waals surface area contributed by atoms with Gasteiger partial charge in [0.1, 0.15) is 0 Å². The highest BCUT2D eigenvalue weighted by atomic mass is 127. The van der Waals surface area contributed by atoms with Crippen molar-refractivity contribution < 1.29 is 5.11 Å². The second-order valence-corrected chi connectivity index (χ2v) is 4.00. The summed E-state index contributed by atoms with van der Waals surface area (Å²) in [5, 5.41) is 8.94. The van der Waals surface area contributed by atoms with E-state index in [1.54, 1.807) is 0 Å². The van der Waals surface area contributed by atoms with Crippen molar-refractivity contribution in [3.05, 3.63) is 39.8 Å². The molecule has 0 heterocycles. The number of benzene rings is 1. The number of hydrogen-bond donors (Lipinski definition) is 1. The normalized spacial score (nSPS) is 13.0. The molecule has 0 aliphatic carbocycles. The van der Waals surface area contributed by atoms with Gasteiger partial charge >= 0.3 is 0 Å². The highest BCUT2D eigenvalue weighted by Gasteiger charge is 2.08. The molecule has 12 heavy (non-hydrogen) atoms. The van der Waals surface area contributed by atoms with Crippen LogP contribution in [0.2, 0.25) is 0 Å². The van der Waals surface area contributed by atoms with E-state index in [-0.39, 0.29) is 12.5 Å². The van der Waals surface area contributed by atoms with Gasteiger partial charge in [-0.15, -0.1) is 0 Å². The first-order valence-electron chi connectivity index (χ1n) is 3.85. The maximum atomic E-state index is 8.94. The van der Waals surface area contributed by atoms with E-state index in [2.05, 4.69) is 42.5 Å². The molecular formula is C10H12IO. The lowest BCUT2D eigenvalue weighted by Gasteiger charge is -2.12. The van der Waals surface area contributed by atoms with E-state index in [0.717, 1.165) is 5.56 Å². The van der Waals surface area contributed by atoms with Crippen LogP contribution in [0.3, 0.4) is 0 Å². The Hall–Kier alpha value is -0.0900. The summed E-state index contributed by atoms with van der Waals surface area (Å²) in [4.78, 5) is 0. The molecule has 0 aliphatic heterocycles. The Kier molecular flexibility index (Phi) is 3.53. The van der Waals surface area contributed by atoms with Gasteiger partial charge in [-0.05, 0) is 53.6 Å². The van der Waals surface area contributed by atoms with Crippen molar-refractivity contribution in [3.8, 4) is 0 Å². The van der Waals surface area contributed by atoms with Crippen LogP contribution in [-0.4, -0.2) is 11.7 Å². The highest BCUT2D eigenvalue weighted by molar-refractivity contribution is 14.1. The number of halogens is 1. The Labute approximate surface area is 86.9 Å². The fourth-order valence-corrected chi connectivity index (χ4v) is 1.68. The highest BCUT2D eigenvalue weighted by Crippen LogP contribution is 2.22. The zero-order valence-corrected chi connectivity index (χ0v) is 9.21. The van der Waals surface area contributed by atoms with Crippen LogP contribution in [0.4, 0.5) is 0 Å². The van der Waals surface area contributed by atoms with E-state index < -0.39 is 0 Å². The second-order valence-electron chi connectivity index (χ2n) is 2.83. The first-order chi connectivity index (χ1) is 5.66. The molecule has 0 aliphatic rings. The average molecular weight is 275 g/mol. The maximum absolute atomic E-state index is 8.94. The molecule has 1 aromatic rings. The number of aliphatic hydroxyl groups is 1. The van der Waals surface area contributed by atoms with Crippen molar-refractivity contribution in [2.45, 2.75) is 12.8 Å². The number of aliphatic hydroxyl groups excluding tert-OH is 1. The van der Waals surface area contributed by atoms with Gasteiger partial charge in [0.15, 0.2) is 0 Å². The van der Waals surface area contributed by atoms with Crippen LogP contribution in [0, 0.1) is 17.4 Å². The third-order valence-electron chi connectivity index (χ3n) is 1.97. The Morgan fingerprint density at radius 1 is 1.58 bits per heavy atom. The number of rotatable bonds is 2. The molecule has 2 heteroatoms. The largest absolute Gasteiger partial charge is 0.396 e. The first-order valence-corrected chi connectivity index (χ1v) is 4.93. The summed E-state index contributed by atoms with van der Waals surface area (Å²) in [7, 11) is 0. The quantitative estimate of drug-likeness (QED) is 0.822. The predicted octanol–water partition coefficient (Wildman–Crippen LogP) is 2.51. The number of hydrogen-bond acceptors (Lipinski definition) is 1. The van der Waals surface area contributed by atoms with Gasteiger partial charge in [-0.25, -0.2) is 0 Å². The fourth-order valence-electron chi connectivity index (χ4n) is 1.16. The van der Waals surface area contributed by atoms with Crippen LogP contribution in [0.5, 0.6) is 0 Å². The Balaban J connectivity index is 3.07. The van der Waals surface area contributed by atoms with E-state index in [9.17, 15) is 0 Å². The molecule has 1 atom stereocenters. The smallest absolute Gasteiger partial charge is 0.0499 e. The molecule has 0 saturated heterocycles. The summed E-state index contributed by atoms with van der Waals surface area (Å²) in [5.74, 6) is -0.000263. The summed E-state index contributed by atoms with van der Waals surface area (Å²) >= 11 is 2.29. The first kappa shape index (κ1) is 9.99. The van der Waals surface area contributed by atoms with Gasteiger partial charge in [-0.1, -0.05) is 12.1 Å². The molecule has 1 rings (SSSR count).